The van der Waals surface area contributed by atoms with Gasteiger partial charge in [0.2, 0.25) is 0 Å². The van der Waals surface area contributed by atoms with Crippen LogP contribution in [0.3, 0.4) is 0 Å². The quantitative estimate of drug-likeness (QED) is 0.906. The molecule has 0 aliphatic rings. The van der Waals surface area contributed by atoms with Crippen LogP contribution in [-0.4, -0.2) is 14.2 Å². The molecule has 0 spiro atoms. The number of methoxy groups -OCH3 is 1. The van der Waals surface area contributed by atoms with Crippen molar-refractivity contribution in [2.45, 2.75) is 19.9 Å². The zero-order chi connectivity index (χ0) is 14.0. The molecule has 0 aliphatic heterocycles. The van der Waals surface area contributed by atoms with Gasteiger partial charge in [-0.05, 0) is 50.2 Å². The van der Waals surface area contributed by atoms with Gasteiger partial charge in [-0.2, -0.15) is 0 Å². The summed E-state index contributed by atoms with van der Waals surface area (Å²) in [5.41, 5.74) is 2.49. The zero-order valence-electron chi connectivity index (χ0n) is 11.6. The monoisotopic (exact) mass is 295 g/mol. The first-order valence-corrected chi connectivity index (χ1v) is 7.34. The summed E-state index contributed by atoms with van der Waals surface area (Å²) in [7, 11) is 3.61. The Bertz CT molecular complexity index is 560. The lowest BCUT2D eigenvalue weighted by Crippen LogP contribution is -2.16. The van der Waals surface area contributed by atoms with Crippen LogP contribution in [0.25, 0.3) is 0 Å². The highest BCUT2D eigenvalue weighted by atomic mass is 35.5. The summed E-state index contributed by atoms with van der Waals surface area (Å²) in [4.78, 5) is 2.66. The van der Waals surface area contributed by atoms with Gasteiger partial charge < -0.3 is 10.1 Å². The van der Waals surface area contributed by atoms with Gasteiger partial charge in [0, 0.05) is 9.75 Å². The lowest BCUT2D eigenvalue weighted by Gasteiger charge is -2.16. The van der Waals surface area contributed by atoms with Crippen molar-refractivity contribution < 1.29 is 4.74 Å². The minimum Gasteiger partial charge on any atom is -0.495 e. The lowest BCUT2D eigenvalue weighted by molar-refractivity contribution is 0.414. The fourth-order valence-corrected chi connectivity index (χ4v) is 3.45. The highest BCUT2D eigenvalue weighted by Crippen LogP contribution is 2.34. The maximum Gasteiger partial charge on any atom is 0.137 e. The zero-order valence-corrected chi connectivity index (χ0v) is 13.2. The molecule has 2 nitrogen and oxygen atoms in total. The molecule has 4 heteroatoms. The molecule has 1 N–H and O–H groups in total. The van der Waals surface area contributed by atoms with Crippen molar-refractivity contribution in [1.29, 1.82) is 0 Å². The summed E-state index contributed by atoms with van der Waals surface area (Å²) in [6.07, 6.45) is 0. The van der Waals surface area contributed by atoms with Crippen molar-refractivity contribution in [3.63, 3.8) is 0 Å². The molecule has 0 bridgehead atoms. The Kier molecular flexibility index (Phi) is 4.50. The van der Waals surface area contributed by atoms with Crippen LogP contribution in [0.1, 0.15) is 26.9 Å². The third kappa shape index (κ3) is 2.94. The first kappa shape index (κ1) is 14.4. The molecule has 1 atom stereocenters. The number of ether oxygens (including phenoxy) is 1. The van der Waals surface area contributed by atoms with E-state index >= 15 is 0 Å². The molecule has 2 rings (SSSR count). The number of halogens is 1. The van der Waals surface area contributed by atoms with E-state index in [1.165, 1.54) is 15.3 Å². The second-order valence-corrected chi connectivity index (χ2v) is 6.20. The topological polar surface area (TPSA) is 21.3 Å². The van der Waals surface area contributed by atoms with Crippen LogP contribution in [-0.2, 0) is 0 Å². The molecule has 0 fully saturated rings. The Labute approximate surface area is 123 Å². The molecular weight excluding hydrogens is 278 g/mol. The standard InChI is InChI=1S/C15H18ClNOS/c1-9-7-14(19-10(9)2)15(17-3)11-5-6-12(16)13(8-11)18-4/h5-8,15,17H,1-4H3. The fraction of sp³-hybridized carbons (Fsp3) is 0.333. The Morgan fingerprint density at radius 1 is 1.26 bits per heavy atom. The fourth-order valence-electron chi connectivity index (χ4n) is 2.07. The average molecular weight is 296 g/mol. The van der Waals surface area contributed by atoms with E-state index in [1.54, 1.807) is 7.11 Å². The molecule has 1 aromatic carbocycles. The number of aryl methyl sites for hydroxylation is 2. The highest BCUT2D eigenvalue weighted by molar-refractivity contribution is 7.12. The van der Waals surface area contributed by atoms with E-state index in [0.29, 0.717) is 10.8 Å². The molecule has 1 aromatic heterocycles. The third-order valence-electron chi connectivity index (χ3n) is 3.27. The van der Waals surface area contributed by atoms with Crippen LogP contribution >= 0.6 is 22.9 Å². The molecule has 0 saturated carbocycles. The predicted octanol–water partition coefficient (Wildman–Crippen LogP) is 4.34. The van der Waals surface area contributed by atoms with Gasteiger partial charge in [-0.25, -0.2) is 0 Å². The molecule has 0 amide bonds. The van der Waals surface area contributed by atoms with Crippen LogP contribution in [0.15, 0.2) is 24.3 Å². The van der Waals surface area contributed by atoms with Gasteiger partial charge in [0.15, 0.2) is 0 Å². The Morgan fingerprint density at radius 2 is 2.00 bits per heavy atom. The van der Waals surface area contributed by atoms with Crippen molar-refractivity contribution in [3.8, 4) is 5.75 Å². The van der Waals surface area contributed by atoms with E-state index < -0.39 is 0 Å². The molecule has 102 valence electrons. The summed E-state index contributed by atoms with van der Waals surface area (Å²) in [6, 6.07) is 8.32. The Hall–Kier alpha value is -1.03. The maximum absolute atomic E-state index is 6.08. The third-order valence-corrected chi connectivity index (χ3v) is 4.80. The van der Waals surface area contributed by atoms with E-state index in [-0.39, 0.29) is 6.04 Å². The summed E-state index contributed by atoms with van der Waals surface area (Å²) in [6.45, 7) is 4.29. The van der Waals surface area contributed by atoms with Crippen molar-refractivity contribution in [2.24, 2.45) is 0 Å². The number of hydrogen-bond acceptors (Lipinski definition) is 3. The van der Waals surface area contributed by atoms with Crippen LogP contribution < -0.4 is 10.1 Å². The molecule has 0 aliphatic carbocycles. The van der Waals surface area contributed by atoms with Gasteiger partial charge in [-0.1, -0.05) is 17.7 Å². The van der Waals surface area contributed by atoms with Crippen LogP contribution in [0.4, 0.5) is 0 Å². The Morgan fingerprint density at radius 3 is 2.53 bits per heavy atom. The van der Waals surface area contributed by atoms with E-state index in [1.807, 2.05) is 36.6 Å². The highest BCUT2D eigenvalue weighted by Gasteiger charge is 2.16. The SMILES string of the molecule is CNC(c1ccc(Cl)c(OC)c1)c1cc(C)c(C)s1. The average Bonchev–Trinajstić information content (AvgIpc) is 2.72. The van der Waals surface area contributed by atoms with Gasteiger partial charge >= 0.3 is 0 Å². The number of rotatable bonds is 4. The molecule has 0 saturated heterocycles. The molecule has 1 heterocycles. The van der Waals surface area contributed by atoms with Gasteiger partial charge in [0.25, 0.3) is 0 Å². The van der Waals surface area contributed by atoms with Crippen LogP contribution in [0.5, 0.6) is 5.75 Å². The van der Waals surface area contributed by atoms with Crippen molar-refractivity contribution in [3.05, 3.63) is 50.2 Å². The minimum atomic E-state index is 0.170. The number of nitrogens with one attached hydrogen (secondary N) is 1. The smallest absolute Gasteiger partial charge is 0.137 e. The van der Waals surface area contributed by atoms with Gasteiger partial charge in [0.1, 0.15) is 5.75 Å². The van der Waals surface area contributed by atoms with Gasteiger partial charge in [-0.3, -0.25) is 0 Å². The second-order valence-electron chi connectivity index (χ2n) is 4.50. The van der Waals surface area contributed by atoms with E-state index in [0.717, 1.165) is 5.56 Å². The minimum absolute atomic E-state index is 0.170. The van der Waals surface area contributed by atoms with E-state index in [2.05, 4.69) is 25.2 Å². The number of thiophene rings is 1. The molecule has 2 aromatic rings. The predicted molar refractivity (Wildman–Crippen MR) is 82.7 cm³/mol. The summed E-state index contributed by atoms with van der Waals surface area (Å²) in [5, 5.41) is 4.00. The second kappa shape index (κ2) is 5.95. The number of benzene rings is 1. The van der Waals surface area contributed by atoms with Crippen molar-refractivity contribution >= 4 is 22.9 Å². The maximum atomic E-state index is 6.08. The normalized spacial score (nSPS) is 12.5. The van der Waals surface area contributed by atoms with Crippen molar-refractivity contribution in [2.75, 3.05) is 14.2 Å². The van der Waals surface area contributed by atoms with Gasteiger partial charge in [0.05, 0.1) is 18.2 Å². The number of hydrogen-bond donors (Lipinski definition) is 1. The molecular formula is C15H18ClNOS. The lowest BCUT2D eigenvalue weighted by atomic mass is 10.0. The summed E-state index contributed by atoms with van der Waals surface area (Å²) < 4.78 is 5.29. The first-order chi connectivity index (χ1) is 9.06. The van der Waals surface area contributed by atoms with Crippen LogP contribution in [0, 0.1) is 13.8 Å². The first-order valence-electron chi connectivity index (χ1n) is 6.14. The van der Waals surface area contributed by atoms with E-state index in [9.17, 15) is 0 Å². The largest absolute Gasteiger partial charge is 0.495 e. The molecule has 0 radical (unpaired) electrons. The van der Waals surface area contributed by atoms with Crippen molar-refractivity contribution in [1.82, 2.24) is 5.32 Å². The Balaban J connectivity index is 2.41. The molecule has 19 heavy (non-hydrogen) atoms. The van der Waals surface area contributed by atoms with Gasteiger partial charge in [-0.15, -0.1) is 11.3 Å². The van der Waals surface area contributed by atoms with E-state index in [4.69, 9.17) is 16.3 Å². The summed E-state index contributed by atoms with van der Waals surface area (Å²) in [5.74, 6) is 0.712. The van der Waals surface area contributed by atoms with Crippen LogP contribution in [0.2, 0.25) is 5.02 Å². The summed E-state index contributed by atoms with van der Waals surface area (Å²) >= 11 is 7.90. The molecule has 1 unspecified atom stereocenters.